The zero-order chi connectivity index (χ0) is 21.9. The molecule has 0 bridgehead atoms. The van der Waals surface area contributed by atoms with E-state index < -0.39 is 17.6 Å². The summed E-state index contributed by atoms with van der Waals surface area (Å²) in [6, 6.07) is 5.46. The molecule has 0 amide bonds. The minimum atomic E-state index is -4.65. The third-order valence-corrected chi connectivity index (χ3v) is 4.98. The van der Waals surface area contributed by atoms with E-state index in [1.807, 2.05) is 13.0 Å². The van der Waals surface area contributed by atoms with Crippen LogP contribution < -0.4 is 5.32 Å². The summed E-state index contributed by atoms with van der Waals surface area (Å²) >= 11 is 7.73. The van der Waals surface area contributed by atoms with Crippen LogP contribution in [0.3, 0.4) is 0 Å². The van der Waals surface area contributed by atoms with Crippen LogP contribution in [0.25, 0.3) is 5.82 Å². The molecule has 0 aliphatic carbocycles. The third kappa shape index (κ3) is 4.72. The van der Waals surface area contributed by atoms with Gasteiger partial charge in [-0.1, -0.05) is 18.5 Å². The Morgan fingerprint density at radius 2 is 2.17 bits per heavy atom. The molecule has 30 heavy (non-hydrogen) atoms. The van der Waals surface area contributed by atoms with E-state index in [9.17, 15) is 13.2 Å². The average Bonchev–Trinajstić information content (AvgIpc) is 3.18. The Balaban J connectivity index is 1.95. The van der Waals surface area contributed by atoms with Crippen LogP contribution in [0.15, 0.2) is 56.9 Å². The predicted molar refractivity (Wildman–Crippen MR) is 109 cm³/mol. The number of nitriles is 1. The maximum absolute atomic E-state index is 12.8. The summed E-state index contributed by atoms with van der Waals surface area (Å²) in [5.74, 6) is 1.47. The molecular weight excluding hydrogens is 439 g/mol. The molecule has 0 fully saturated rings. The second kappa shape index (κ2) is 8.73. The van der Waals surface area contributed by atoms with Crippen LogP contribution in [0.5, 0.6) is 0 Å². The summed E-state index contributed by atoms with van der Waals surface area (Å²) in [6.07, 6.45) is -0.253. The number of anilines is 1. The number of hydrogen-bond donors (Lipinski definition) is 2. The molecule has 2 aromatic heterocycles. The van der Waals surface area contributed by atoms with Crippen LogP contribution in [-0.4, -0.2) is 38.6 Å². The summed E-state index contributed by atoms with van der Waals surface area (Å²) < 4.78 is 39.7. The lowest BCUT2D eigenvalue weighted by atomic mass is 10.1. The maximum atomic E-state index is 12.8. The minimum Gasteiger partial charge on any atom is -0.329 e. The van der Waals surface area contributed by atoms with Gasteiger partial charge in [-0.15, -0.1) is 11.8 Å². The molecule has 3 heterocycles. The van der Waals surface area contributed by atoms with Crippen molar-refractivity contribution in [2.75, 3.05) is 11.1 Å². The lowest BCUT2D eigenvalue weighted by Crippen LogP contribution is -2.18. The number of allylic oxidation sites excluding steroid dienone is 3. The van der Waals surface area contributed by atoms with E-state index >= 15 is 0 Å². The quantitative estimate of drug-likeness (QED) is 0.508. The zero-order valence-corrected chi connectivity index (χ0v) is 16.9. The molecule has 1 aliphatic rings. The topological polar surface area (TPSA) is 103 Å². The molecule has 0 unspecified atom stereocenters. The van der Waals surface area contributed by atoms with Crippen LogP contribution in [0.4, 0.5) is 19.0 Å². The first kappa shape index (κ1) is 21.6. The Labute approximate surface area is 178 Å². The molecule has 0 aromatic carbocycles. The van der Waals surface area contributed by atoms with E-state index in [4.69, 9.17) is 22.3 Å². The molecular formula is C18H13ClF3N7S. The first-order chi connectivity index (χ1) is 14.2. The van der Waals surface area contributed by atoms with Gasteiger partial charge >= 0.3 is 6.18 Å². The number of aliphatic imine (C=N–C) groups is 1. The van der Waals surface area contributed by atoms with Gasteiger partial charge in [0, 0.05) is 6.21 Å². The number of rotatable bonds is 5. The molecule has 0 spiro atoms. The predicted octanol–water partition coefficient (Wildman–Crippen LogP) is 4.66. The molecule has 3 rings (SSSR count). The van der Waals surface area contributed by atoms with Gasteiger partial charge in [-0.05, 0) is 24.0 Å². The molecule has 0 radical (unpaired) electrons. The number of alkyl halides is 3. The fourth-order valence-electron chi connectivity index (χ4n) is 2.39. The number of thioether (sulfide) groups is 1. The van der Waals surface area contributed by atoms with Crippen molar-refractivity contribution < 1.29 is 13.2 Å². The second-order valence-corrected chi connectivity index (χ2v) is 7.47. The van der Waals surface area contributed by atoms with Crippen molar-refractivity contribution in [3.63, 3.8) is 0 Å². The molecule has 12 heteroatoms. The van der Waals surface area contributed by atoms with Gasteiger partial charge in [-0.3, -0.25) is 4.99 Å². The van der Waals surface area contributed by atoms with Crippen molar-refractivity contribution in [1.82, 2.24) is 14.8 Å². The van der Waals surface area contributed by atoms with Gasteiger partial charge in [0.1, 0.15) is 22.7 Å². The summed E-state index contributed by atoms with van der Waals surface area (Å²) in [7, 11) is 0. The highest BCUT2D eigenvalue weighted by atomic mass is 35.5. The van der Waals surface area contributed by atoms with Gasteiger partial charge in [0.2, 0.25) is 0 Å². The molecule has 0 saturated carbocycles. The van der Waals surface area contributed by atoms with Crippen LogP contribution >= 0.6 is 23.4 Å². The number of hydrogen-bond acceptors (Lipinski definition) is 7. The molecule has 154 valence electrons. The van der Waals surface area contributed by atoms with Gasteiger partial charge in [-0.2, -0.15) is 23.5 Å². The van der Waals surface area contributed by atoms with Crippen LogP contribution in [0, 0.1) is 16.7 Å². The Morgan fingerprint density at radius 1 is 1.40 bits per heavy atom. The fourth-order valence-corrected chi connectivity index (χ4v) is 3.34. The van der Waals surface area contributed by atoms with Crippen molar-refractivity contribution in [3.05, 3.63) is 52.6 Å². The summed E-state index contributed by atoms with van der Waals surface area (Å²) in [4.78, 5) is 8.54. The van der Waals surface area contributed by atoms with E-state index in [0.717, 1.165) is 16.9 Å². The Hall–Kier alpha value is -3.10. The standard InChI is InChI=1S/C18H13ClF3N7S/c1-2-30-13-3-4-15(29-9-10(6-23)7-26-29)27-17(13)28-16(19)11-8-25-14(5-12(11)24)18(20,21)22/h3-5,7-9,24H,2H2,1H3,(H,27,28)/b16-11-,24-12?. The van der Waals surface area contributed by atoms with E-state index in [-0.39, 0.29) is 10.7 Å². The van der Waals surface area contributed by atoms with Crippen LogP contribution in [0.1, 0.15) is 12.5 Å². The van der Waals surface area contributed by atoms with E-state index in [1.54, 1.807) is 12.1 Å². The number of aromatic nitrogens is 3. The number of pyridine rings is 1. The van der Waals surface area contributed by atoms with E-state index in [2.05, 4.69) is 20.4 Å². The van der Waals surface area contributed by atoms with Crippen molar-refractivity contribution >= 4 is 41.1 Å². The highest BCUT2D eigenvalue weighted by Gasteiger charge is 2.35. The van der Waals surface area contributed by atoms with Crippen molar-refractivity contribution in [1.29, 1.82) is 10.7 Å². The van der Waals surface area contributed by atoms with Gasteiger partial charge < -0.3 is 10.7 Å². The summed E-state index contributed by atoms with van der Waals surface area (Å²) in [5, 5.41) is 23.6. The molecule has 7 nitrogen and oxygen atoms in total. The Bertz CT molecular complexity index is 1130. The summed E-state index contributed by atoms with van der Waals surface area (Å²) in [6.45, 7) is 1.95. The van der Waals surface area contributed by atoms with Gasteiger partial charge in [-0.25, -0.2) is 9.67 Å². The van der Waals surface area contributed by atoms with Crippen molar-refractivity contribution in [2.24, 2.45) is 4.99 Å². The largest absolute Gasteiger partial charge is 0.433 e. The normalized spacial score (nSPS) is 15.6. The van der Waals surface area contributed by atoms with E-state index in [1.165, 1.54) is 28.8 Å². The third-order valence-electron chi connectivity index (χ3n) is 3.75. The van der Waals surface area contributed by atoms with Gasteiger partial charge in [0.15, 0.2) is 5.82 Å². The average molecular weight is 452 g/mol. The monoisotopic (exact) mass is 451 g/mol. The van der Waals surface area contributed by atoms with E-state index in [0.29, 0.717) is 23.3 Å². The SMILES string of the molecule is CCSc1ccc(-n2cc(C#N)cn2)nc1N/C(Cl)=C1/C=NC(C(F)(F)F)=CC1=N. The lowest BCUT2D eigenvalue weighted by molar-refractivity contribution is -0.0922. The Kier molecular flexibility index (Phi) is 6.28. The zero-order valence-electron chi connectivity index (χ0n) is 15.3. The molecule has 1 aliphatic heterocycles. The first-order valence-electron chi connectivity index (χ1n) is 8.40. The molecule has 2 N–H and O–H groups in total. The molecule has 0 saturated heterocycles. The number of nitrogens with one attached hydrogen (secondary N) is 2. The van der Waals surface area contributed by atoms with Gasteiger partial charge in [0.05, 0.1) is 34.1 Å². The first-order valence-corrected chi connectivity index (χ1v) is 9.77. The fraction of sp³-hybridized carbons (Fsp3) is 0.167. The smallest absolute Gasteiger partial charge is 0.329 e. The van der Waals surface area contributed by atoms with Gasteiger partial charge in [0.25, 0.3) is 0 Å². The number of nitrogens with zero attached hydrogens (tertiary/aromatic N) is 5. The number of halogens is 4. The Morgan fingerprint density at radius 3 is 2.77 bits per heavy atom. The minimum absolute atomic E-state index is 0.00447. The molecule has 2 aromatic rings. The van der Waals surface area contributed by atoms with Crippen LogP contribution in [0.2, 0.25) is 0 Å². The summed E-state index contributed by atoms with van der Waals surface area (Å²) in [5.41, 5.74) is -1.25. The van der Waals surface area contributed by atoms with Crippen molar-refractivity contribution in [2.45, 2.75) is 18.0 Å². The molecule has 0 atom stereocenters. The highest BCUT2D eigenvalue weighted by Crippen LogP contribution is 2.31. The van der Waals surface area contributed by atoms with Crippen LogP contribution in [-0.2, 0) is 0 Å². The highest BCUT2D eigenvalue weighted by molar-refractivity contribution is 7.99. The van der Waals surface area contributed by atoms with Crippen molar-refractivity contribution in [3.8, 4) is 11.9 Å². The second-order valence-electron chi connectivity index (χ2n) is 5.79. The maximum Gasteiger partial charge on any atom is 0.433 e. The lowest BCUT2D eigenvalue weighted by Gasteiger charge is -2.16.